The first-order valence-corrected chi connectivity index (χ1v) is 12.5. The summed E-state index contributed by atoms with van der Waals surface area (Å²) >= 11 is 6.56. The van der Waals surface area contributed by atoms with E-state index in [0.29, 0.717) is 5.15 Å². The minimum atomic E-state index is 0.109. The monoisotopic (exact) mass is 478 g/mol. The normalized spacial score (nSPS) is 12.4. The molecule has 0 N–H and O–H groups in total. The molecule has 176 valence electrons. The lowest BCUT2D eigenvalue weighted by atomic mass is 9.85. The molecule has 0 aliphatic carbocycles. The third kappa shape index (κ3) is 4.44. The molecule has 5 aromatic rings. The molecule has 0 aliphatic heterocycles. The van der Waals surface area contributed by atoms with Crippen LogP contribution in [-0.4, -0.2) is 9.97 Å². The molecular formula is C32H31ClN2. The van der Waals surface area contributed by atoms with Gasteiger partial charge in [0.05, 0.1) is 11.0 Å². The van der Waals surface area contributed by atoms with Gasteiger partial charge in [0, 0.05) is 17.0 Å². The Morgan fingerprint density at radius 1 is 0.571 bits per heavy atom. The number of nitrogens with zero attached hydrogens (tertiary/aromatic N) is 2. The second-order valence-electron chi connectivity index (χ2n) is 11.4. The summed E-state index contributed by atoms with van der Waals surface area (Å²) in [6.07, 6.45) is 1.87. The molecule has 0 bridgehead atoms. The highest BCUT2D eigenvalue weighted by atomic mass is 35.5. The van der Waals surface area contributed by atoms with Crippen LogP contribution in [0.25, 0.3) is 44.1 Å². The summed E-state index contributed by atoms with van der Waals surface area (Å²) in [6, 6.07) is 26.0. The first kappa shape index (κ1) is 23.5. The molecule has 0 spiro atoms. The zero-order valence-corrected chi connectivity index (χ0v) is 22.0. The predicted octanol–water partition coefficient (Wildman–Crippen LogP) is 9.37. The molecule has 35 heavy (non-hydrogen) atoms. The van der Waals surface area contributed by atoms with E-state index in [0.717, 1.165) is 38.5 Å². The minimum Gasteiger partial charge on any atom is -0.254 e. The maximum Gasteiger partial charge on any atom is 0.130 e. The number of hydrogen-bond donors (Lipinski definition) is 0. The van der Waals surface area contributed by atoms with E-state index >= 15 is 0 Å². The van der Waals surface area contributed by atoms with Gasteiger partial charge < -0.3 is 0 Å². The molecule has 5 rings (SSSR count). The average Bonchev–Trinajstić information content (AvgIpc) is 2.82. The van der Waals surface area contributed by atoms with Crippen LogP contribution in [0, 0.1) is 0 Å². The fraction of sp³-hybridized carbons (Fsp3) is 0.250. The van der Waals surface area contributed by atoms with Crippen molar-refractivity contribution in [3.63, 3.8) is 0 Å². The Morgan fingerprint density at radius 2 is 1.06 bits per heavy atom. The molecular weight excluding hydrogens is 448 g/mol. The van der Waals surface area contributed by atoms with E-state index in [-0.39, 0.29) is 10.8 Å². The van der Waals surface area contributed by atoms with Gasteiger partial charge in [-0.2, -0.15) is 0 Å². The molecule has 3 heteroatoms. The van der Waals surface area contributed by atoms with Gasteiger partial charge in [-0.05, 0) is 56.3 Å². The van der Waals surface area contributed by atoms with Crippen molar-refractivity contribution >= 4 is 33.4 Å². The lowest BCUT2D eigenvalue weighted by molar-refractivity contribution is 0.590. The molecule has 2 heterocycles. The van der Waals surface area contributed by atoms with Crippen LogP contribution in [0.2, 0.25) is 5.15 Å². The third-order valence-corrected chi connectivity index (χ3v) is 6.98. The van der Waals surface area contributed by atoms with Crippen LogP contribution in [0.4, 0.5) is 0 Å². The molecule has 0 fully saturated rings. The van der Waals surface area contributed by atoms with E-state index in [4.69, 9.17) is 21.6 Å². The van der Waals surface area contributed by atoms with Crippen molar-refractivity contribution in [2.75, 3.05) is 0 Å². The molecule has 0 saturated heterocycles. The Labute approximate surface area is 213 Å². The summed E-state index contributed by atoms with van der Waals surface area (Å²) in [5.41, 5.74) is 9.08. The number of hydrogen-bond acceptors (Lipinski definition) is 2. The maximum absolute atomic E-state index is 6.56. The lowest BCUT2D eigenvalue weighted by Crippen LogP contribution is -2.10. The van der Waals surface area contributed by atoms with Crippen molar-refractivity contribution in [3.8, 4) is 22.3 Å². The summed E-state index contributed by atoms with van der Waals surface area (Å²) in [6.45, 7) is 13.4. The number of fused-ring (bicyclic) bond motifs is 3. The van der Waals surface area contributed by atoms with Crippen LogP contribution >= 0.6 is 11.6 Å². The van der Waals surface area contributed by atoms with E-state index in [2.05, 4.69) is 108 Å². The average molecular weight is 479 g/mol. The Bertz CT molecular complexity index is 1530. The van der Waals surface area contributed by atoms with Crippen molar-refractivity contribution in [1.29, 1.82) is 0 Å². The summed E-state index contributed by atoms with van der Waals surface area (Å²) in [5.74, 6) is 0. The third-order valence-electron chi connectivity index (χ3n) is 6.78. The van der Waals surface area contributed by atoms with Gasteiger partial charge in [-0.1, -0.05) is 114 Å². The van der Waals surface area contributed by atoms with Crippen LogP contribution < -0.4 is 0 Å². The Morgan fingerprint density at radius 3 is 1.57 bits per heavy atom. The van der Waals surface area contributed by atoms with Crippen molar-refractivity contribution in [1.82, 2.24) is 9.97 Å². The first-order valence-electron chi connectivity index (χ1n) is 12.1. The van der Waals surface area contributed by atoms with Gasteiger partial charge in [0.2, 0.25) is 0 Å². The number of benzene rings is 3. The fourth-order valence-electron chi connectivity index (χ4n) is 4.66. The number of halogens is 1. The molecule has 0 amide bonds. The van der Waals surface area contributed by atoms with Crippen molar-refractivity contribution in [2.45, 2.75) is 52.4 Å². The van der Waals surface area contributed by atoms with Gasteiger partial charge in [0.25, 0.3) is 0 Å². The second-order valence-corrected chi connectivity index (χ2v) is 11.8. The molecule has 3 aromatic carbocycles. The van der Waals surface area contributed by atoms with E-state index < -0.39 is 0 Å². The van der Waals surface area contributed by atoms with Crippen LogP contribution in [0.1, 0.15) is 52.7 Å². The molecule has 0 aliphatic rings. The fourth-order valence-corrected chi connectivity index (χ4v) is 4.85. The van der Waals surface area contributed by atoms with Crippen LogP contribution in [-0.2, 0) is 10.8 Å². The van der Waals surface area contributed by atoms with Gasteiger partial charge >= 0.3 is 0 Å². The highest BCUT2D eigenvalue weighted by Gasteiger charge is 2.17. The lowest BCUT2D eigenvalue weighted by Gasteiger charge is -2.20. The summed E-state index contributed by atoms with van der Waals surface area (Å²) in [7, 11) is 0. The van der Waals surface area contributed by atoms with Crippen LogP contribution in [0.3, 0.4) is 0 Å². The largest absolute Gasteiger partial charge is 0.254 e. The molecule has 2 aromatic heterocycles. The van der Waals surface area contributed by atoms with E-state index in [1.54, 1.807) is 0 Å². The number of rotatable bonds is 2. The van der Waals surface area contributed by atoms with Gasteiger partial charge in [0.15, 0.2) is 0 Å². The standard InChI is InChI=1S/C32H31ClN2/c1-31(2,3)22-11-7-20(8-12-22)24-17-18-34-29-25(24)15-16-26-27(19-28(33)35-30(26)29)21-9-13-23(14-10-21)32(4,5)6/h7-19H,1-6H3. The summed E-state index contributed by atoms with van der Waals surface area (Å²) in [5, 5.41) is 2.60. The maximum atomic E-state index is 6.56. The molecule has 2 nitrogen and oxygen atoms in total. The second kappa shape index (κ2) is 8.46. The van der Waals surface area contributed by atoms with E-state index in [9.17, 15) is 0 Å². The Hall–Kier alpha value is -3.23. The molecule has 0 atom stereocenters. The van der Waals surface area contributed by atoms with Gasteiger partial charge in [-0.3, -0.25) is 4.98 Å². The van der Waals surface area contributed by atoms with E-state index in [1.165, 1.54) is 16.7 Å². The Balaban J connectivity index is 1.68. The molecule has 0 radical (unpaired) electrons. The predicted molar refractivity (Wildman–Crippen MR) is 150 cm³/mol. The zero-order chi connectivity index (χ0) is 25.0. The molecule has 0 saturated carbocycles. The van der Waals surface area contributed by atoms with Gasteiger partial charge in [-0.15, -0.1) is 0 Å². The number of pyridine rings is 2. The summed E-state index contributed by atoms with van der Waals surface area (Å²) < 4.78 is 0. The van der Waals surface area contributed by atoms with Crippen molar-refractivity contribution < 1.29 is 0 Å². The SMILES string of the molecule is CC(C)(C)c1ccc(-c2ccnc3c2ccc2c(-c4ccc(C(C)(C)C)cc4)cc(Cl)nc23)cc1. The zero-order valence-electron chi connectivity index (χ0n) is 21.3. The van der Waals surface area contributed by atoms with Crippen molar-refractivity contribution in [3.05, 3.63) is 95.3 Å². The smallest absolute Gasteiger partial charge is 0.130 e. The first-order chi connectivity index (χ1) is 16.5. The van der Waals surface area contributed by atoms with Gasteiger partial charge in [-0.25, -0.2) is 4.98 Å². The quantitative estimate of drug-likeness (QED) is 0.186. The topological polar surface area (TPSA) is 25.8 Å². The van der Waals surface area contributed by atoms with Gasteiger partial charge in [0.1, 0.15) is 5.15 Å². The summed E-state index contributed by atoms with van der Waals surface area (Å²) in [4.78, 5) is 9.48. The highest BCUT2D eigenvalue weighted by Crippen LogP contribution is 2.37. The minimum absolute atomic E-state index is 0.109. The van der Waals surface area contributed by atoms with E-state index in [1.807, 2.05) is 12.3 Å². The van der Waals surface area contributed by atoms with Crippen LogP contribution in [0.15, 0.2) is 79.0 Å². The Kier molecular flexibility index (Phi) is 5.68. The van der Waals surface area contributed by atoms with Crippen LogP contribution in [0.5, 0.6) is 0 Å². The number of aromatic nitrogens is 2. The highest BCUT2D eigenvalue weighted by molar-refractivity contribution is 6.30. The molecule has 0 unspecified atom stereocenters. The van der Waals surface area contributed by atoms with Crippen molar-refractivity contribution in [2.24, 2.45) is 0 Å².